The van der Waals surface area contributed by atoms with Gasteiger partial charge in [-0.05, 0) is 35.7 Å². The molecule has 1 unspecified atom stereocenters. The predicted octanol–water partition coefficient (Wildman–Crippen LogP) is 3.24. The van der Waals surface area contributed by atoms with Gasteiger partial charge in [-0.25, -0.2) is 8.42 Å². The van der Waals surface area contributed by atoms with Crippen LogP contribution in [0.4, 0.5) is 0 Å². The van der Waals surface area contributed by atoms with E-state index in [2.05, 4.69) is 0 Å². The minimum atomic E-state index is -4.03. The Labute approximate surface area is 126 Å². The predicted molar refractivity (Wildman–Crippen MR) is 82.9 cm³/mol. The van der Waals surface area contributed by atoms with Crippen LogP contribution in [0.3, 0.4) is 0 Å². The number of para-hydroxylation sites is 1. The van der Waals surface area contributed by atoms with Gasteiger partial charge in [0.25, 0.3) is 8.87 Å². The second-order valence-corrected chi connectivity index (χ2v) is 8.87. The van der Waals surface area contributed by atoms with Crippen molar-refractivity contribution < 1.29 is 16.8 Å². The van der Waals surface area contributed by atoms with Gasteiger partial charge in [-0.2, -0.15) is 4.21 Å². The fraction of sp³-hybridized carbons (Fsp3) is 0.200. The molecule has 2 rings (SSSR count). The lowest BCUT2D eigenvalue weighted by atomic mass is 10.0. The molecule has 0 radical (unpaired) electrons. The Hall–Kier alpha value is -1.66. The molecule has 2 aromatic carbocycles. The van der Waals surface area contributed by atoms with Crippen molar-refractivity contribution in [1.82, 2.24) is 0 Å². The molecule has 0 aromatic heterocycles. The summed E-state index contributed by atoms with van der Waals surface area (Å²) in [5.41, 5.74) is 1.02. The Morgan fingerprint density at radius 1 is 0.952 bits per heavy atom. The lowest BCUT2D eigenvalue weighted by Crippen LogP contribution is -2.14. The molecule has 0 aliphatic rings. The molecule has 112 valence electrons. The Balaban J connectivity index is 2.23. The van der Waals surface area contributed by atoms with Crippen LogP contribution >= 0.6 is 0 Å². The van der Waals surface area contributed by atoms with E-state index in [0.29, 0.717) is 5.92 Å². The lowest BCUT2D eigenvalue weighted by molar-refractivity contribution is 0.560. The van der Waals surface area contributed by atoms with Gasteiger partial charge in [0.15, 0.2) is 0 Å². The van der Waals surface area contributed by atoms with Gasteiger partial charge in [0.2, 0.25) is 0 Å². The van der Waals surface area contributed by atoms with Crippen molar-refractivity contribution in [2.45, 2.75) is 24.7 Å². The molecular formula is C15H16O4S2. The topological polar surface area (TPSA) is 60.4 Å². The van der Waals surface area contributed by atoms with Crippen LogP contribution in [0.5, 0.6) is 5.75 Å². The first kappa shape index (κ1) is 15.7. The van der Waals surface area contributed by atoms with E-state index in [1.807, 2.05) is 13.8 Å². The molecule has 0 fully saturated rings. The number of hydrogen-bond donors (Lipinski definition) is 0. The van der Waals surface area contributed by atoms with Crippen molar-refractivity contribution in [2.75, 3.05) is 0 Å². The summed E-state index contributed by atoms with van der Waals surface area (Å²) in [5.74, 6) is 0.547. The van der Waals surface area contributed by atoms with E-state index in [9.17, 15) is 12.6 Å². The third-order valence-electron chi connectivity index (χ3n) is 2.92. The Kier molecular flexibility index (Phi) is 4.80. The van der Waals surface area contributed by atoms with E-state index in [4.69, 9.17) is 4.18 Å². The highest BCUT2D eigenvalue weighted by atomic mass is 33.2. The monoisotopic (exact) mass is 324 g/mol. The molecule has 0 aliphatic carbocycles. The first-order chi connectivity index (χ1) is 9.91. The van der Waals surface area contributed by atoms with E-state index < -0.39 is 19.0 Å². The van der Waals surface area contributed by atoms with Gasteiger partial charge < -0.3 is 4.18 Å². The first-order valence-electron chi connectivity index (χ1n) is 6.42. The van der Waals surface area contributed by atoms with Gasteiger partial charge in [0.1, 0.15) is 5.75 Å². The zero-order valence-corrected chi connectivity index (χ0v) is 13.4. The van der Waals surface area contributed by atoms with Gasteiger partial charge in [-0.15, -0.1) is 0 Å². The number of hydrogen-bond acceptors (Lipinski definition) is 4. The molecular weight excluding hydrogens is 308 g/mol. The molecule has 0 aliphatic heterocycles. The van der Waals surface area contributed by atoms with Crippen LogP contribution < -0.4 is 4.18 Å². The maximum atomic E-state index is 12.2. The smallest absolute Gasteiger partial charge is 0.334 e. The minimum Gasteiger partial charge on any atom is -0.389 e. The van der Waals surface area contributed by atoms with Crippen LogP contribution in [0.25, 0.3) is 0 Å². The summed E-state index contributed by atoms with van der Waals surface area (Å²) in [6, 6.07) is 14.6. The van der Waals surface area contributed by atoms with E-state index in [0.717, 1.165) is 5.56 Å². The maximum absolute atomic E-state index is 12.2. The van der Waals surface area contributed by atoms with E-state index >= 15 is 0 Å². The summed E-state index contributed by atoms with van der Waals surface area (Å²) < 4.78 is 41.3. The van der Waals surface area contributed by atoms with Crippen molar-refractivity contribution >= 4 is 19.0 Å². The molecule has 0 saturated heterocycles. The quantitative estimate of drug-likeness (QED) is 0.792. The van der Waals surface area contributed by atoms with Crippen LogP contribution in [-0.2, 0) is 19.0 Å². The fourth-order valence-corrected chi connectivity index (χ4v) is 3.99. The Morgan fingerprint density at radius 2 is 1.52 bits per heavy atom. The van der Waals surface area contributed by atoms with Crippen LogP contribution in [0, 0.1) is 0 Å². The van der Waals surface area contributed by atoms with Gasteiger partial charge in [-0.1, -0.05) is 44.2 Å². The Bertz CT molecular complexity index is 720. The molecule has 2 aromatic rings. The van der Waals surface area contributed by atoms with E-state index in [1.54, 1.807) is 42.5 Å². The average Bonchev–Trinajstić information content (AvgIpc) is 2.48. The summed E-state index contributed by atoms with van der Waals surface area (Å²) in [7, 11) is -6.51. The van der Waals surface area contributed by atoms with Crippen molar-refractivity contribution in [3.05, 3.63) is 60.2 Å². The fourth-order valence-electron chi connectivity index (χ4n) is 1.70. The molecule has 0 spiro atoms. The molecule has 0 bridgehead atoms. The third-order valence-corrected chi connectivity index (χ3v) is 6.31. The van der Waals surface area contributed by atoms with Crippen molar-refractivity contribution in [3.8, 4) is 5.75 Å². The minimum absolute atomic E-state index is 0.0128. The van der Waals surface area contributed by atoms with Crippen molar-refractivity contribution in [2.24, 2.45) is 0 Å². The third kappa shape index (κ3) is 3.71. The largest absolute Gasteiger partial charge is 0.389 e. The normalized spacial score (nSPS) is 13.1. The highest BCUT2D eigenvalue weighted by Gasteiger charge is 2.25. The highest BCUT2D eigenvalue weighted by Crippen LogP contribution is 2.21. The summed E-state index contributed by atoms with van der Waals surface area (Å²) in [4.78, 5) is -0.0128. The van der Waals surface area contributed by atoms with Gasteiger partial charge >= 0.3 is 10.1 Å². The summed E-state index contributed by atoms with van der Waals surface area (Å²) in [6.45, 7) is 4.03. The second-order valence-electron chi connectivity index (χ2n) is 4.78. The van der Waals surface area contributed by atoms with Gasteiger partial charge in [-0.3, -0.25) is 0 Å². The maximum Gasteiger partial charge on any atom is 0.334 e. The molecule has 0 amide bonds. The van der Waals surface area contributed by atoms with Crippen molar-refractivity contribution in [3.63, 3.8) is 0 Å². The molecule has 6 heteroatoms. The molecule has 1 atom stereocenters. The second kappa shape index (κ2) is 6.41. The van der Waals surface area contributed by atoms with Crippen LogP contribution in [-0.4, -0.2) is 12.6 Å². The zero-order valence-electron chi connectivity index (χ0n) is 11.7. The first-order valence-corrected chi connectivity index (χ1v) is 9.49. The van der Waals surface area contributed by atoms with E-state index in [-0.39, 0.29) is 10.6 Å². The zero-order chi connectivity index (χ0) is 15.5. The lowest BCUT2D eigenvalue weighted by Gasteiger charge is -2.08. The van der Waals surface area contributed by atoms with Gasteiger partial charge in [0.05, 0.1) is 4.90 Å². The summed E-state index contributed by atoms with van der Waals surface area (Å²) >= 11 is 0. The molecule has 0 heterocycles. The van der Waals surface area contributed by atoms with E-state index in [1.165, 1.54) is 12.1 Å². The Morgan fingerprint density at radius 3 is 2.05 bits per heavy atom. The average molecular weight is 324 g/mol. The summed E-state index contributed by atoms with van der Waals surface area (Å²) in [6.07, 6.45) is 0. The number of benzene rings is 2. The van der Waals surface area contributed by atoms with Crippen molar-refractivity contribution in [1.29, 1.82) is 0 Å². The molecule has 0 saturated carbocycles. The standard InChI is InChI=1S/C15H16O4S2/c1-12(2)13-8-10-15(11-9-13)21(17,18)20(16)19-14-6-4-3-5-7-14/h3-12H,1-2H3. The molecule has 4 nitrogen and oxygen atoms in total. The summed E-state index contributed by atoms with van der Waals surface area (Å²) in [5, 5.41) is 0. The van der Waals surface area contributed by atoms with Gasteiger partial charge in [0, 0.05) is 0 Å². The van der Waals surface area contributed by atoms with Crippen LogP contribution in [0.15, 0.2) is 59.5 Å². The van der Waals surface area contributed by atoms with Crippen LogP contribution in [0.2, 0.25) is 0 Å². The highest BCUT2D eigenvalue weighted by molar-refractivity contribution is 8.62. The molecule has 21 heavy (non-hydrogen) atoms. The molecule has 0 N–H and O–H groups in total. The SMILES string of the molecule is CC(C)c1ccc(S(=O)(=O)S(=O)Oc2ccccc2)cc1. The van der Waals surface area contributed by atoms with Crippen LogP contribution in [0.1, 0.15) is 25.3 Å². The number of rotatable bonds is 5.